The first kappa shape index (κ1) is 13.7. The number of nitrogens with zero attached hydrogens (tertiary/aromatic N) is 1. The van der Waals surface area contributed by atoms with Gasteiger partial charge in [-0.15, -0.1) is 0 Å². The summed E-state index contributed by atoms with van der Waals surface area (Å²) in [5.74, 6) is 0.761. The summed E-state index contributed by atoms with van der Waals surface area (Å²) in [4.78, 5) is 11.5. The van der Waals surface area contributed by atoms with Gasteiger partial charge in [0.1, 0.15) is 0 Å². The number of hydrogen-bond acceptors (Lipinski definition) is 2. The fraction of sp³-hybridized carbons (Fsp3) is 0.692. The van der Waals surface area contributed by atoms with E-state index >= 15 is 0 Å². The molecule has 0 aliphatic heterocycles. The molecule has 0 aliphatic carbocycles. The van der Waals surface area contributed by atoms with Crippen molar-refractivity contribution >= 4 is 5.91 Å². The monoisotopic (exact) mass is 237 g/mol. The van der Waals surface area contributed by atoms with Crippen LogP contribution in [0.25, 0.3) is 0 Å². The van der Waals surface area contributed by atoms with E-state index in [-0.39, 0.29) is 5.91 Å². The lowest BCUT2D eigenvalue weighted by Crippen LogP contribution is -2.23. The van der Waals surface area contributed by atoms with Crippen molar-refractivity contribution in [3.63, 3.8) is 0 Å². The van der Waals surface area contributed by atoms with Gasteiger partial charge in [-0.3, -0.25) is 9.89 Å². The molecular weight excluding hydrogens is 214 g/mol. The van der Waals surface area contributed by atoms with Gasteiger partial charge in [0.05, 0.1) is 11.8 Å². The van der Waals surface area contributed by atoms with Crippen LogP contribution in [0.2, 0.25) is 0 Å². The average molecular weight is 237 g/mol. The molecule has 1 aromatic heterocycles. The van der Waals surface area contributed by atoms with Crippen LogP contribution >= 0.6 is 0 Å². The van der Waals surface area contributed by atoms with Crippen molar-refractivity contribution < 1.29 is 4.79 Å². The zero-order chi connectivity index (χ0) is 12.5. The molecule has 1 amide bonds. The molecule has 0 aliphatic rings. The number of unbranched alkanes of at least 4 members (excludes halogenated alkanes) is 3. The highest BCUT2D eigenvalue weighted by atomic mass is 16.1. The van der Waals surface area contributed by atoms with Gasteiger partial charge < -0.3 is 5.32 Å². The van der Waals surface area contributed by atoms with Crippen molar-refractivity contribution in [1.82, 2.24) is 15.5 Å². The lowest BCUT2D eigenvalue weighted by Gasteiger charge is -2.05. The van der Waals surface area contributed by atoms with E-state index in [1.807, 2.05) is 0 Å². The second-order valence-corrected chi connectivity index (χ2v) is 4.84. The van der Waals surface area contributed by atoms with Gasteiger partial charge in [-0.2, -0.15) is 5.10 Å². The first-order valence-electron chi connectivity index (χ1n) is 6.47. The summed E-state index contributed by atoms with van der Waals surface area (Å²) < 4.78 is 0. The van der Waals surface area contributed by atoms with Gasteiger partial charge in [0.25, 0.3) is 5.91 Å². The van der Waals surface area contributed by atoms with Gasteiger partial charge in [-0.1, -0.05) is 39.5 Å². The second kappa shape index (κ2) is 7.87. The number of carbonyl (C=O) groups excluding carboxylic acids is 1. The number of hydrogen-bond donors (Lipinski definition) is 2. The molecular formula is C13H23N3O. The van der Waals surface area contributed by atoms with Crippen LogP contribution in [-0.2, 0) is 0 Å². The third-order valence-electron chi connectivity index (χ3n) is 2.75. The van der Waals surface area contributed by atoms with Gasteiger partial charge in [0, 0.05) is 12.7 Å². The fourth-order valence-corrected chi connectivity index (χ4v) is 1.71. The Morgan fingerprint density at radius 2 is 2.12 bits per heavy atom. The molecule has 17 heavy (non-hydrogen) atoms. The molecule has 0 saturated carbocycles. The van der Waals surface area contributed by atoms with E-state index in [1.165, 1.54) is 31.9 Å². The Balaban J connectivity index is 1.96. The third kappa shape index (κ3) is 6.09. The predicted molar refractivity (Wildman–Crippen MR) is 68.8 cm³/mol. The molecule has 1 heterocycles. The highest BCUT2D eigenvalue weighted by molar-refractivity contribution is 5.93. The SMILES string of the molecule is CC(C)CCCCCCNC(=O)c1cn[nH]c1. The summed E-state index contributed by atoms with van der Waals surface area (Å²) in [5.41, 5.74) is 0.602. The molecule has 0 saturated heterocycles. The van der Waals surface area contributed by atoms with Crippen molar-refractivity contribution in [2.24, 2.45) is 5.92 Å². The van der Waals surface area contributed by atoms with Crippen LogP contribution in [0, 0.1) is 5.92 Å². The minimum absolute atomic E-state index is 0.0408. The summed E-state index contributed by atoms with van der Waals surface area (Å²) >= 11 is 0. The maximum atomic E-state index is 11.5. The van der Waals surface area contributed by atoms with Crippen LogP contribution in [0.15, 0.2) is 12.4 Å². The summed E-state index contributed by atoms with van der Waals surface area (Å²) in [6, 6.07) is 0. The van der Waals surface area contributed by atoms with Crippen LogP contribution in [0.4, 0.5) is 0 Å². The Hall–Kier alpha value is -1.32. The fourth-order valence-electron chi connectivity index (χ4n) is 1.71. The zero-order valence-corrected chi connectivity index (χ0v) is 10.8. The lowest BCUT2D eigenvalue weighted by atomic mass is 10.0. The molecule has 96 valence electrons. The second-order valence-electron chi connectivity index (χ2n) is 4.84. The third-order valence-corrected chi connectivity index (χ3v) is 2.75. The van der Waals surface area contributed by atoms with Crippen LogP contribution < -0.4 is 5.32 Å². The topological polar surface area (TPSA) is 57.8 Å². The standard InChI is InChI=1S/C13H23N3O/c1-11(2)7-5-3-4-6-8-14-13(17)12-9-15-16-10-12/h9-11H,3-8H2,1-2H3,(H,14,17)(H,15,16). The number of H-pyrrole nitrogens is 1. The molecule has 1 aromatic rings. The van der Waals surface area contributed by atoms with Crippen LogP contribution in [0.3, 0.4) is 0 Å². The maximum absolute atomic E-state index is 11.5. The van der Waals surface area contributed by atoms with Crippen molar-refractivity contribution in [1.29, 1.82) is 0 Å². The molecule has 0 atom stereocenters. The predicted octanol–water partition coefficient (Wildman–Crippen LogP) is 2.75. The van der Waals surface area contributed by atoms with E-state index in [4.69, 9.17) is 0 Å². The molecule has 0 bridgehead atoms. The molecule has 0 aromatic carbocycles. The van der Waals surface area contributed by atoms with Gasteiger partial charge in [0.2, 0.25) is 0 Å². The molecule has 0 radical (unpaired) electrons. The van der Waals surface area contributed by atoms with E-state index in [0.717, 1.165) is 18.9 Å². The normalized spacial score (nSPS) is 10.8. The Bertz CT molecular complexity index is 306. The van der Waals surface area contributed by atoms with Crippen LogP contribution in [0.5, 0.6) is 0 Å². The van der Waals surface area contributed by atoms with E-state index in [9.17, 15) is 4.79 Å². The summed E-state index contributed by atoms with van der Waals surface area (Å²) in [6.07, 6.45) is 9.27. The number of aromatic nitrogens is 2. The Morgan fingerprint density at radius 1 is 1.35 bits per heavy atom. The first-order valence-corrected chi connectivity index (χ1v) is 6.47. The van der Waals surface area contributed by atoms with E-state index in [2.05, 4.69) is 29.4 Å². The highest BCUT2D eigenvalue weighted by Gasteiger charge is 2.04. The molecule has 0 spiro atoms. The van der Waals surface area contributed by atoms with E-state index < -0.39 is 0 Å². The van der Waals surface area contributed by atoms with E-state index in [0.29, 0.717) is 5.56 Å². The van der Waals surface area contributed by atoms with Crippen molar-refractivity contribution in [3.8, 4) is 0 Å². The smallest absolute Gasteiger partial charge is 0.254 e. The maximum Gasteiger partial charge on any atom is 0.254 e. The quantitative estimate of drug-likeness (QED) is 0.683. The molecule has 1 rings (SSSR count). The molecule has 0 unspecified atom stereocenters. The van der Waals surface area contributed by atoms with Crippen LogP contribution in [-0.4, -0.2) is 22.6 Å². The molecule has 0 fully saturated rings. The summed E-state index contributed by atoms with van der Waals surface area (Å²) in [7, 11) is 0. The summed E-state index contributed by atoms with van der Waals surface area (Å²) in [6.45, 7) is 5.27. The van der Waals surface area contributed by atoms with Crippen LogP contribution in [0.1, 0.15) is 56.3 Å². The number of amides is 1. The van der Waals surface area contributed by atoms with E-state index in [1.54, 1.807) is 6.20 Å². The number of aromatic amines is 1. The van der Waals surface area contributed by atoms with Gasteiger partial charge in [-0.25, -0.2) is 0 Å². The summed E-state index contributed by atoms with van der Waals surface area (Å²) in [5, 5.41) is 9.26. The minimum Gasteiger partial charge on any atom is -0.352 e. The number of rotatable bonds is 8. The largest absolute Gasteiger partial charge is 0.352 e. The van der Waals surface area contributed by atoms with Crippen molar-refractivity contribution in [2.75, 3.05) is 6.54 Å². The molecule has 4 heteroatoms. The lowest BCUT2D eigenvalue weighted by molar-refractivity contribution is 0.0953. The Kier molecular flexibility index (Phi) is 6.37. The van der Waals surface area contributed by atoms with Gasteiger partial charge in [0.15, 0.2) is 0 Å². The number of nitrogens with one attached hydrogen (secondary N) is 2. The van der Waals surface area contributed by atoms with Crippen molar-refractivity contribution in [2.45, 2.75) is 46.0 Å². The van der Waals surface area contributed by atoms with Crippen molar-refractivity contribution in [3.05, 3.63) is 18.0 Å². The molecule has 4 nitrogen and oxygen atoms in total. The number of carbonyl (C=O) groups is 1. The molecule has 2 N–H and O–H groups in total. The Labute approximate surface area is 103 Å². The first-order chi connectivity index (χ1) is 8.20. The minimum atomic E-state index is -0.0408. The zero-order valence-electron chi connectivity index (χ0n) is 10.8. The Morgan fingerprint density at radius 3 is 2.76 bits per heavy atom. The highest BCUT2D eigenvalue weighted by Crippen LogP contribution is 2.08. The van der Waals surface area contributed by atoms with Gasteiger partial charge in [-0.05, 0) is 12.3 Å². The van der Waals surface area contributed by atoms with Gasteiger partial charge >= 0.3 is 0 Å². The average Bonchev–Trinajstić information content (AvgIpc) is 2.80.